The molecule has 0 aliphatic rings. The number of halogens is 1. The highest BCUT2D eigenvalue weighted by molar-refractivity contribution is 5.95. The molecule has 0 fully saturated rings. The molecule has 0 bridgehead atoms. The second-order valence-electron chi connectivity index (χ2n) is 5.41. The van der Waals surface area contributed by atoms with E-state index in [9.17, 15) is 9.59 Å². The lowest BCUT2D eigenvalue weighted by Gasteiger charge is -2.15. The van der Waals surface area contributed by atoms with Crippen LogP contribution in [0.25, 0.3) is 0 Å². The van der Waals surface area contributed by atoms with Crippen molar-refractivity contribution in [1.82, 2.24) is 5.32 Å². The number of carbonyl (C=O) groups is 2. The van der Waals surface area contributed by atoms with Crippen LogP contribution < -0.4 is 16.4 Å². The molecule has 4 N–H and O–H groups in total. The monoisotopic (exact) mass is 313 g/mol. The molecule has 118 valence electrons. The summed E-state index contributed by atoms with van der Waals surface area (Å²) in [7, 11) is 0. The molecule has 5 nitrogen and oxygen atoms in total. The van der Waals surface area contributed by atoms with E-state index >= 15 is 0 Å². The second kappa shape index (κ2) is 8.64. The first-order valence-corrected chi connectivity index (χ1v) is 6.71. The van der Waals surface area contributed by atoms with E-state index in [1.807, 2.05) is 45.9 Å². The predicted molar refractivity (Wildman–Crippen MR) is 87.6 cm³/mol. The summed E-state index contributed by atoms with van der Waals surface area (Å²) >= 11 is 0. The van der Waals surface area contributed by atoms with Crippen molar-refractivity contribution in [3.63, 3.8) is 0 Å². The minimum atomic E-state index is -0.594. The van der Waals surface area contributed by atoms with Gasteiger partial charge in [0.1, 0.15) is 0 Å². The van der Waals surface area contributed by atoms with Crippen LogP contribution >= 0.6 is 12.4 Å². The summed E-state index contributed by atoms with van der Waals surface area (Å²) in [6.07, 6.45) is 0. The minimum Gasteiger partial charge on any atom is -0.346 e. The number of carbonyl (C=O) groups excluding carboxylic acids is 2. The third-order valence-corrected chi connectivity index (χ3v) is 2.95. The Morgan fingerprint density at radius 3 is 2.14 bits per heavy atom. The summed E-state index contributed by atoms with van der Waals surface area (Å²) in [6.45, 7) is 7.57. The summed E-state index contributed by atoms with van der Waals surface area (Å²) in [4.78, 5) is 23.4. The van der Waals surface area contributed by atoms with Crippen molar-refractivity contribution in [3.05, 3.63) is 29.3 Å². The van der Waals surface area contributed by atoms with E-state index in [1.165, 1.54) is 0 Å². The fourth-order valence-electron chi connectivity index (χ4n) is 1.84. The molecule has 21 heavy (non-hydrogen) atoms. The summed E-state index contributed by atoms with van der Waals surface area (Å²) in [5.74, 6) is -0.535. The van der Waals surface area contributed by atoms with Crippen LogP contribution in [-0.4, -0.2) is 24.4 Å². The Balaban J connectivity index is 0.00000400. The molecule has 0 aliphatic heterocycles. The molecule has 0 aliphatic carbocycles. The Morgan fingerprint density at radius 1 is 1.14 bits per heavy atom. The van der Waals surface area contributed by atoms with Gasteiger partial charge in [0.2, 0.25) is 11.8 Å². The first-order chi connectivity index (χ1) is 9.29. The van der Waals surface area contributed by atoms with Crippen molar-refractivity contribution in [2.24, 2.45) is 11.7 Å². The second-order valence-corrected chi connectivity index (χ2v) is 5.41. The van der Waals surface area contributed by atoms with Gasteiger partial charge in [0.25, 0.3) is 0 Å². The zero-order chi connectivity index (χ0) is 15.3. The van der Waals surface area contributed by atoms with Crippen LogP contribution in [0.4, 0.5) is 5.69 Å². The van der Waals surface area contributed by atoms with Crippen LogP contribution in [0, 0.1) is 19.8 Å². The maximum absolute atomic E-state index is 11.8. The zero-order valence-corrected chi connectivity index (χ0v) is 13.7. The van der Waals surface area contributed by atoms with Crippen LogP contribution in [0.5, 0.6) is 0 Å². The maximum atomic E-state index is 11.8. The van der Waals surface area contributed by atoms with Crippen LogP contribution in [0.3, 0.4) is 0 Å². The molecule has 1 aromatic carbocycles. The van der Waals surface area contributed by atoms with E-state index < -0.39 is 6.04 Å². The first kappa shape index (κ1) is 19.4. The predicted octanol–water partition coefficient (Wildman–Crippen LogP) is 1.76. The number of hydrogen-bond donors (Lipinski definition) is 3. The number of amides is 2. The molecular formula is C15H24ClN3O2. The normalized spacial score (nSPS) is 11.5. The SMILES string of the molecule is Cc1cc(C)cc(NC(=O)CNC(=O)[C@@H](N)C(C)C)c1.Cl. The van der Waals surface area contributed by atoms with Gasteiger partial charge in [-0.05, 0) is 43.0 Å². The third kappa shape index (κ3) is 6.60. The van der Waals surface area contributed by atoms with Crippen molar-refractivity contribution in [2.45, 2.75) is 33.7 Å². The molecule has 1 atom stereocenters. The first-order valence-electron chi connectivity index (χ1n) is 6.71. The summed E-state index contributed by atoms with van der Waals surface area (Å²) < 4.78 is 0. The van der Waals surface area contributed by atoms with E-state index in [1.54, 1.807) is 0 Å². The van der Waals surface area contributed by atoms with E-state index in [0.717, 1.165) is 16.8 Å². The number of nitrogens with two attached hydrogens (primary N) is 1. The number of benzene rings is 1. The number of anilines is 1. The highest BCUT2D eigenvalue weighted by atomic mass is 35.5. The molecule has 2 amide bonds. The van der Waals surface area contributed by atoms with Crippen LogP contribution in [0.2, 0.25) is 0 Å². The zero-order valence-electron chi connectivity index (χ0n) is 12.9. The van der Waals surface area contributed by atoms with Gasteiger partial charge in [0.05, 0.1) is 12.6 Å². The van der Waals surface area contributed by atoms with Gasteiger partial charge in [-0.2, -0.15) is 0 Å². The van der Waals surface area contributed by atoms with Gasteiger partial charge >= 0.3 is 0 Å². The maximum Gasteiger partial charge on any atom is 0.243 e. The minimum absolute atomic E-state index is 0. The van der Waals surface area contributed by atoms with Crippen LogP contribution in [0.1, 0.15) is 25.0 Å². The summed E-state index contributed by atoms with van der Waals surface area (Å²) in [5.41, 5.74) is 8.58. The number of nitrogens with one attached hydrogen (secondary N) is 2. The van der Waals surface area contributed by atoms with E-state index in [-0.39, 0.29) is 36.7 Å². The average Bonchev–Trinajstić information content (AvgIpc) is 2.33. The molecule has 0 spiro atoms. The third-order valence-electron chi connectivity index (χ3n) is 2.95. The standard InChI is InChI=1S/C15H23N3O2.ClH/c1-9(2)14(16)15(20)17-8-13(19)18-12-6-10(3)5-11(4)7-12;/h5-7,9,14H,8,16H2,1-4H3,(H,17,20)(H,18,19);1H/t14-;/m0./s1. The number of hydrogen-bond acceptors (Lipinski definition) is 3. The van der Waals surface area contributed by atoms with E-state index in [0.29, 0.717) is 0 Å². The highest BCUT2D eigenvalue weighted by Crippen LogP contribution is 2.13. The van der Waals surface area contributed by atoms with Gasteiger partial charge in [-0.25, -0.2) is 0 Å². The average molecular weight is 314 g/mol. The molecule has 0 heterocycles. The van der Waals surface area contributed by atoms with Gasteiger partial charge in [-0.3, -0.25) is 9.59 Å². The van der Waals surface area contributed by atoms with Gasteiger partial charge < -0.3 is 16.4 Å². The molecule has 6 heteroatoms. The van der Waals surface area contributed by atoms with E-state index in [4.69, 9.17) is 5.73 Å². The molecule has 0 aromatic heterocycles. The Morgan fingerprint density at radius 2 is 1.67 bits per heavy atom. The molecule has 0 saturated heterocycles. The molecule has 0 radical (unpaired) electrons. The van der Waals surface area contributed by atoms with E-state index in [2.05, 4.69) is 10.6 Å². The van der Waals surface area contributed by atoms with Crippen molar-refractivity contribution < 1.29 is 9.59 Å². The lowest BCUT2D eigenvalue weighted by molar-refractivity contribution is -0.125. The quantitative estimate of drug-likeness (QED) is 0.774. The smallest absolute Gasteiger partial charge is 0.243 e. The number of aryl methyl sites for hydroxylation is 2. The molecule has 0 unspecified atom stereocenters. The Labute approximate surface area is 132 Å². The molecular weight excluding hydrogens is 290 g/mol. The summed E-state index contributed by atoms with van der Waals surface area (Å²) in [5, 5.41) is 5.29. The van der Waals surface area contributed by atoms with Crippen molar-refractivity contribution >= 4 is 29.9 Å². The molecule has 0 saturated carbocycles. The highest BCUT2D eigenvalue weighted by Gasteiger charge is 2.17. The Hall–Kier alpha value is -1.59. The lowest BCUT2D eigenvalue weighted by Crippen LogP contribution is -2.46. The van der Waals surface area contributed by atoms with Gasteiger partial charge in [0, 0.05) is 5.69 Å². The van der Waals surface area contributed by atoms with Crippen molar-refractivity contribution in [3.8, 4) is 0 Å². The van der Waals surface area contributed by atoms with Crippen molar-refractivity contribution in [2.75, 3.05) is 11.9 Å². The fourth-order valence-corrected chi connectivity index (χ4v) is 1.84. The van der Waals surface area contributed by atoms with Gasteiger partial charge in [0.15, 0.2) is 0 Å². The lowest BCUT2D eigenvalue weighted by atomic mass is 10.1. The number of rotatable bonds is 5. The fraction of sp³-hybridized carbons (Fsp3) is 0.467. The largest absolute Gasteiger partial charge is 0.346 e. The van der Waals surface area contributed by atoms with Crippen LogP contribution in [0.15, 0.2) is 18.2 Å². The van der Waals surface area contributed by atoms with Crippen molar-refractivity contribution in [1.29, 1.82) is 0 Å². The molecule has 1 rings (SSSR count). The topological polar surface area (TPSA) is 84.2 Å². The summed E-state index contributed by atoms with van der Waals surface area (Å²) in [6, 6.07) is 5.20. The van der Waals surface area contributed by atoms with Gasteiger partial charge in [-0.15, -0.1) is 12.4 Å². The van der Waals surface area contributed by atoms with Gasteiger partial charge in [-0.1, -0.05) is 19.9 Å². The van der Waals surface area contributed by atoms with Crippen LogP contribution in [-0.2, 0) is 9.59 Å². The Bertz CT molecular complexity index is 483. The Kier molecular flexibility index (Phi) is 7.99. The molecule has 1 aromatic rings.